The highest BCUT2D eigenvalue weighted by Gasteiger charge is 2.12. The molecule has 0 heterocycles. The zero-order valence-electron chi connectivity index (χ0n) is 12.3. The molecule has 0 aliphatic carbocycles. The van der Waals surface area contributed by atoms with Crippen LogP contribution in [0.1, 0.15) is 18.1 Å². The third kappa shape index (κ3) is 5.40. The van der Waals surface area contributed by atoms with Crippen LogP contribution in [0.5, 0.6) is 0 Å². The van der Waals surface area contributed by atoms with Crippen LogP contribution in [0.15, 0.2) is 60.7 Å². The van der Waals surface area contributed by atoms with Gasteiger partial charge in [-0.25, -0.2) is 0 Å². The number of carbonyl (C=O) groups is 1. The second kappa shape index (κ2) is 8.22. The summed E-state index contributed by atoms with van der Waals surface area (Å²) in [4.78, 5) is 11.9. The van der Waals surface area contributed by atoms with Crippen molar-refractivity contribution in [3.63, 3.8) is 0 Å². The number of nitrogens with one attached hydrogen (secondary N) is 1. The van der Waals surface area contributed by atoms with E-state index in [1.807, 2.05) is 48.5 Å². The topological polar surface area (TPSA) is 38.3 Å². The number of carbonyl (C=O) groups excluding carboxylic acids is 1. The number of benzene rings is 2. The van der Waals surface area contributed by atoms with Crippen molar-refractivity contribution in [3.8, 4) is 0 Å². The van der Waals surface area contributed by atoms with Gasteiger partial charge < -0.3 is 10.1 Å². The van der Waals surface area contributed by atoms with E-state index in [0.29, 0.717) is 13.2 Å². The second-order valence-corrected chi connectivity index (χ2v) is 4.97. The minimum Gasteiger partial charge on any atom is -0.364 e. The molecule has 0 radical (unpaired) electrons. The van der Waals surface area contributed by atoms with Crippen LogP contribution in [0.4, 0.5) is 0 Å². The molecule has 3 nitrogen and oxygen atoms in total. The molecule has 3 heteroatoms. The standard InChI is InChI=1S/C18H21NO2/c1-15(21-14-17-10-6-3-7-11-17)18(20)19-13-12-16-8-4-2-5-9-16/h2-11,15H,12-14H2,1H3,(H,19,20). The number of rotatable bonds is 7. The quantitative estimate of drug-likeness (QED) is 0.848. The van der Waals surface area contributed by atoms with Crippen LogP contribution in [0.3, 0.4) is 0 Å². The van der Waals surface area contributed by atoms with Gasteiger partial charge in [-0.05, 0) is 24.5 Å². The smallest absolute Gasteiger partial charge is 0.248 e. The predicted molar refractivity (Wildman–Crippen MR) is 83.8 cm³/mol. The molecule has 0 aromatic heterocycles. The fourth-order valence-electron chi connectivity index (χ4n) is 1.99. The Balaban J connectivity index is 1.68. The molecule has 21 heavy (non-hydrogen) atoms. The third-order valence-corrected chi connectivity index (χ3v) is 3.27. The Labute approximate surface area is 126 Å². The summed E-state index contributed by atoms with van der Waals surface area (Å²) in [5.41, 5.74) is 2.29. The molecule has 1 unspecified atom stereocenters. The Hall–Kier alpha value is -2.13. The molecule has 0 saturated carbocycles. The minimum atomic E-state index is -0.444. The molecule has 1 N–H and O–H groups in total. The van der Waals surface area contributed by atoms with Crippen LogP contribution >= 0.6 is 0 Å². The SMILES string of the molecule is CC(OCc1ccccc1)C(=O)NCCc1ccccc1. The van der Waals surface area contributed by atoms with Gasteiger partial charge >= 0.3 is 0 Å². The van der Waals surface area contributed by atoms with Crippen LogP contribution in [0.2, 0.25) is 0 Å². The molecule has 0 bridgehead atoms. The lowest BCUT2D eigenvalue weighted by atomic mass is 10.1. The van der Waals surface area contributed by atoms with Crippen molar-refractivity contribution in [1.82, 2.24) is 5.32 Å². The van der Waals surface area contributed by atoms with Gasteiger partial charge in [0.25, 0.3) is 0 Å². The molecule has 2 aromatic rings. The third-order valence-electron chi connectivity index (χ3n) is 3.27. The molecular weight excluding hydrogens is 262 g/mol. The number of amides is 1. The Bertz CT molecular complexity index is 540. The van der Waals surface area contributed by atoms with Crippen LogP contribution in [0.25, 0.3) is 0 Å². The monoisotopic (exact) mass is 283 g/mol. The average molecular weight is 283 g/mol. The summed E-state index contributed by atoms with van der Waals surface area (Å²) in [5.74, 6) is -0.0677. The van der Waals surface area contributed by atoms with E-state index in [4.69, 9.17) is 4.74 Å². The van der Waals surface area contributed by atoms with Crippen LogP contribution in [-0.2, 0) is 22.6 Å². The lowest BCUT2D eigenvalue weighted by Gasteiger charge is -2.13. The zero-order valence-corrected chi connectivity index (χ0v) is 12.3. The summed E-state index contributed by atoms with van der Waals surface area (Å²) < 4.78 is 5.58. The summed E-state index contributed by atoms with van der Waals surface area (Å²) in [7, 11) is 0. The van der Waals surface area contributed by atoms with E-state index < -0.39 is 6.10 Å². The highest BCUT2D eigenvalue weighted by Crippen LogP contribution is 2.03. The largest absolute Gasteiger partial charge is 0.364 e. The van der Waals surface area contributed by atoms with Crippen molar-refractivity contribution in [3.05, 3.63) is 71.8 Å². The first-order valence-electron chi connectivity index (χ1n) is 7.23. The summed E-state index contributed by atoms with van der Waals surface area (Å²) in [5, 5.41) is 2.90. The van der Waals surface area contributed by atoms with Gasteiger partial charge in [-0.15, -0.1) is 0 Å². The van der Waals surface area contributed by atoms with Gasteiger partial charge in [0.15, 0.2) is 0 Å². The van der Waals surface area contributed by atoms with Crippen LogP contribution < -0.4 is 5.32 Å². The van der Waals surface area contributed by atoms with E-state index in [-0.39, 0.29) is 5.91 Å². The first-order chi connectivity index (χ1) is 10.3. The molecule has 0 aliphatic heterocycles. The maximum atomic E-state index is 11.9. The summed E-state index contributed by atoms with van der Waals surface area (Å²) >= 11 is 0. The van der Waals surface area contributed by atoms with Gasteiger partial charge in [0.2, 0.25) is 5.91 Å². The Kier molecular flexibility index (Phi) is 5.98. The molecule has 0 aliphatic rings. The lowest BCUT2D eigenvalue weighted by molar-refractivity contribution is -0.132. The summed E-state index contributed by atoms with van der Waals surface area (Å²) in [6, 6.07) is 20.0. The summed E-state index contributed by atoms with van der Waals surface area (Å²) in [6.07, 6.45) is 0.388. The lowest BCUT2D eigenvalue weighted by Crippen LogP contribution is -2.35. The highest BCUT2D eigenvalue weighted by atomic mass is 16.5. The van der Waals surface area contributed by atoms with Crippen molar-refractivity contribution in [2.75, 3.05) is 6.54 Å². The normalized spacial score (nSPS) is 11.9. The molecule has 2 aromatic carbocycles. The fraction of sp³-hybridized carbons (Fsp3) is 0.278. The first-order valence-corrected chi connectivity index (χ1v) is 7.23. The Morgan fingerprint density at radius 1 is 1.00 bits per heavy atom. The van der Waals surface area contributed by atoms with Gasteiger partial charge in [-0.3, -0.25) is 4.79 Å². The van der Waals surface area contributed by atoms with Gasteiger partial charge in [-0.1, -0.05) is 60.7 Å². The fourth-order valence-corrected chi connectivity index (χ4v) is 1.99. The Morgan fingerprint density at radius 3 is 2.19 bits per heavy atom. The maximum Gasteiger partial charge on any atom is 0.248 e. The van der Waals surface area contributed by atoms with Gasteiger partial charge in [0.1, 0.15) is 6.10 Å². The van der Waals surface area contributed by atoms with Crippen molar-refractivity contribution in [1.29, 1.82) is 0 Å². The van der Waals surface area contributed by atoms with Gasteiger partial charge in [0.05, 0.1) is 6.61 Å². The second-order valence-electron chi connectivity index (χ2n) is 4.97. The number of ether oxygens (including phenoxy) is 1. The molecule has 0 saturated heterocycles. The highest BCUT2D eigenvalue weighted by molar-refractivity contribution is 5.80. The van der Waals surface area contributed by atoms with Crippen molar-refractivity contribution >= 4 is 5.91 Å². The molecule has 110 valence electrons. The maximum absolute atomic E-state index is 11.9. The van der Waals surface area contributed by atoms with Crippen molar-refractivity contribution in [2.24, 2.45) is 0 Å². The van der Waals surface area contributed by atoms with Crippen molar-refractivity contribution < 1.29 is 9.53 Å². The number of hydrogen-bond acceptors (Lipinski definition) is 2. The molecule has 0 spiro atoms. The number of hydrogen-bond donors (Lipinski definition) is 1. The average Bonchev–Trinajstić information content (AvgIpc) is 2.54. The van der Waals surface area contributed by atoms with Crippen LogP contribution in [-0.4, -0.2) is 18.6 Å². The summed E-state index contributed by atoms with van der Waals surface area (Å²) in [6.45, 7) is 2.86. The minimum absolute atomic E-state index is 0.0677. The molecule has 2 rings (SSSR count). The zero-order chi connectivity index (χ0) is 14.9. The van der Waals surface area contributed by atoms with E-state index in [0.717, 1.165) is 12.0 Å². The predicted octanol–water partition coefficient (Wildman–Crippen LogP) is 2.95. The molecule has 1 atom stereocenters. The van der Waals surface area contributed by atoms with Crippen molar-refractivity contribution in [2.45, 2.75) is 26.1 Å². The van der Waals surface area contributed by atoms with Gasteiger partial charge in [-0.2, -0.15) is 0 Å². The van der Waals surface area contributed by atoms with Gasteiger partial charge in [0, 0.05) is 6.54 Å². The van der Waals surface area contributed by atoms with Crippen LogP contribution in [0, 0.1) is 0 Å². The first kappa shape index (κ1) is 15.3. The van der Waals surface area contributed by atoms with E-state index >= 15 is 0 Å². The van der Waals surface area contributed by atoms with E-state index in [1.165, 1.54) is 5.56 Å². The molecule has 1 amide bonds. The molecule has 0 fully saturated rings. The van der Waals surface area contributed by atoms with E-state index in [2.05, 4.69) is 17.4 Å². The van der Waals surface area contributed by atoms with E-state index in [1.54, 1.807) is 6.92 Å². The Morgan fingerprint density at radius 2 is 1.57 bits per heavy atom. The van der Waals surface area contributed by atoms with E-state index in [9.17, 15) is 4.79 Å². The molecular formula is C18H21NO2.